The average molecular weight is 1580 g/mol. The van der Waals surface area contributed by atoms with E-state index in [9.17, 15) is 28.8 Å². The van der Waals surface area contributed by atoms with Gasteiger partial charge in [-0.25, -0.2) is 9.59 Å². The number of nitrogens with zero attached hydrogens (tertiary/aromatic N) is 4. The summed E-state index contributed by atoms with van der Waals surface area (Å²) in [7, 11) is 5.81. The van der Waals surface area contributed by atoms with Crippen molar-refractivity contribution in [3.05, 3.63) is 103 Å². The second kappa shape index (κ2) is 44.6. The highest BCUT2D eigenvalue weighted by atomic mass is 32.1. The minimum Gasteiger partial charge on any atom is -0.268 e. The van der Waals surface area contributed by atoms with Crippen molar-refractivity contribution in [3.8, 4) is 58.5 Å². The fraction of sp³-hybridized carbons (Fsp3) is 0.578. The van der Waals surface area contributed by atoms with Gasteiger partial charge >= 0.3 is 12.1 Å². The third-order valence-electron chi connectivity index (χ3n) is 21.5. The number of carbonyl (C=O) groups is 6. The number of likely N-dealkylation sites (N-methyl/N-ethyl adjacent to an activating group) is 4. The molecule has 0 bridgehead atoms. The lowest BCUT2D eigenvalue weighted by Gasteiger charge is -2.28. The van der Waals surface area contributed by atoms with Gasteiger partial charge in [0, 0.05) is 96.5 Å². The predicted molar refractivity (Wildman–Crippen MR) is 465 cm³/mol. The Morgan fingerprint density at radius 1 is 0.243 bits per heavy atom. The number of carbonyl (C=O) groups excluding carboxylic acids is 6. The molecule has 2 fully saturated rings. The first-order valence-corrected chi connectivity index (χ1v) is 47.3. The van der Waals surface area contributed by atoms with Crippen LogP contribution in [0.15, 0.2) is 59.7 Å². The number of imide groups is 4. The molecule has 0 unspecified atom stereocenters. The number of amides is 8. The van der Waals surface area contributed by atoms with Gasteiger partial charge < -0.3 is 0 Å². The van der Waals surface area contributed by atoms with Crippen LogP contribution in [-0.2, 0) is 57.7 Å². The molecule has 0 N–H and O–H groups in total. The van der Waals surface area contributed by atoms with Gasteiger partial charge in [-0.05, 0) is 171 Å². The summed E-state index contributed by atoms with van der Waals surface area (Å²) < 4.78 is 0. The smallest absolute Gasteiger partial charge is 0.268 e. The van der Waals surface area contributed by atoms with Crippen molar-refractivity contribution in [2.75, 3.05) is 28.2 Å². The lowest BCUT2D eigenvalue weighted by atomic mass is 10.0. The number of thiophene rings is 7. The van der Waals surface area contributed by atoms with Gasteiger partial charge in [0.05, 0.1) is 0 Å². The summed E-state index contributed by atoms with van der Waals surface area (Å²) in [5.41, 5.74) is 8.33. The summed E-state index contributed by atoms with van der Waals surface area (Å²) in [6.07, 6.45) is 53.4. The molecule has 0 aliphatic carbocycles. The number of aryl methyl sites for hydroxylation is 6. The van der Waals surface area contributed by atoms with E-state index in [0.717, 1.165) is 119 Å². The summed E-state index contributed by atoms with van der Waals surface area (Å²) in [6.45, 7) is 13.7. The van der Waals surface area contributed by atoms with Gasteiger partial charge in [0.1, 0.15) is 11.1 Å². The molecule has 0 radical (unpaired) electrons. The molecular weight excluding hydrogens is 1460 g/mol. The lowest BCUT2D eigenvalue weighted by Crippen LogP contribution is -2.52. The molecule has 17 heteroatoms. The zero-order chi connectivity index (χ0) is 76.2. The molecule has 107 heavy (non-hydrogen) atoms. The summed E-state index contributed by atoms with van der Waals surface area (Å²) in [5.74, 6) is -2.24. The van der Waals surface area contributed by atoms with Crippen molar-refractivity contribution in [1.82, 2.24) is 19.6 Å². The van der Waals surface area contributed by atoms with Crippen molar-refractivity contribution in [3.63, 3.8) is 0 Å². The van der Waals surface area contributed by atoms with E-state index in [4.69, 9.17) is 0 Å². The predicted octanol–water partition coefficient (Wildman–Crippen LogP) is 28.4. The van der Waals surface area contributed by atoms with Crippen molar-refractivity contribution in [2.45, 2.75) is 311 Å². The third-order valence-corrected chi connectivity index (χ3v) is 30.6. The zero-order valence-electron chi connectivity index (χ0n) is 66.6. The van der Waals surface area contributed by atoms with Gasteiger partial charge in [-0.1, -0.05) is 234 Å². The quantitative estimate of drug-likeness (QED) is 0.0213. The van der Waals surface area contributed by atoms with E-state index in [1.165, 1.54) is 300 Å². The first kappa shape index (κ1) is 85.6. The first-order chi connectivity index (χ1) is 52.0. The summed E-state index contributed by atoms with van der Waals surface area (Å²) in [4.78, 5) is 102. The molecule has 582 valence electrons. The first-order valence-electron chi connectivity index (χ1n) is 41.6. The minimum absolute atomic E-state index is 0.0232. The van der Waals surface area contributed by atoms with E-state index in [0.29, 0.717) is 0 Å². The standard InChI is InChI=1S/C90H124N4O6S7/c1-11-17-23-29-35-41-47-63-55-69(61-71-85(95)91(7)89(99)92(8)86(71)96)101-81(63)75-59-67(51-45-39-33-27-21-15-5)83(106-75)77-57-65(49-43-37-31-25-19-13-3)79(104-77)73-53-54-74(103-73)80-66(50-44-38-32-26-20-14-4)58-78(105-80)84-68(52-46-40-34-28-22-16-6)60-76(107-84)82-64(48-42-36-30-24-18-12-2)56-70(102-82)62-72-87(97)93(9)90(100)94(10)88(72)98/h53-62H,11-52H2,1-10H3. The number of barbiturate groups is 2. The Bertz CT molecular complexity index is 3770. The van der Waals surface area contributed by atoms with Crippen molar-refractivity contribution in [2.24, 2.45) is 0 Å². The molecule has 8 amide bonds. The maximum Gasteiger partial charge on any atom is 0.333 e. The molecule has 0 aromatic carbocycles. The molecule has 2 aliphatic rings. The summed E-state index contributed by atoms with van der Waals surface area (Å²) in [6, 6.07) is 18.3. The van der Waals surface area contributed by atoms with Crippen LogP contribution in [0.2, 0.25) is 0 Å². The van der Waals surface area contributed by atoms with E-state index in [2.05, 4.69) is 90.1 Å². The van der Waals surface area contributed by atoms with E-state index in [-0.39, 0.29) is 11.1 Å². The van der Waals surface area contributed by atoms with E-state index in [1.807, 2.05) is 56.7 Å². The molecular formula is C90H124N4O6S7. The molecule has 9 rings (SSSR count). The van der Waals surface area contributed by atoms with E-state index in [1.54, 1.807) is 34.8 Å². The Kier molecular flexibility index (Phi) is 35.7. The van der Waals surface area contributed by atoms with Crippen LogP contribution in [-0.4, -0.2) is 83.5 Å². The Hall–Kier alpha value is -5.40. The van der Waals surface area contributed by atoms with Crippen LogP contribution >= 0.6 is 79.4 Å². The summed E-state index contributed by atoms with van der Waals surface area (Å²) in [5, 5.41) is 0. The fourth-order valence-electron chi connectivity index (χ4n) is 15.0. The molecule has 0 spiro atoms. The van der Waals surface area contributed by atoms with Gasteiger partial charge in [-0.15, -0.1) is 79.4 Å². The molecule has 7 aromatic rings. The maximum absolute atomic E-state index is 13.6. The molecule has 2 saturated heterocycles. The van der Waals surface area contributed by atoms with Crippen LogP contribution in [0.25, 0.3) is 70.7 Å². The third kappa shape index (κ3) is 23.6. The van der Waals surface area contributed by atoms with Gasteiger partial charge in [0.15, 0.2) is 0 Å². The number of urea groups is 2. The second-order valence-corrected chi connectivity index (χ2v) is 37.7. The maximum atomic E-state index is 13.6. The highest BCUT2D eigenvalue weighted by Crippen LogP contribution is 2.53. The molecule has 0 atom stereocenters. The number of hydrogen-bond acceptors (Lipinski definition) is 13. The van der Waals surface area contributed by atoms with Crippen LogP contribution in [0.4, 0.5) is 9.59 Å². The molecule has 9 heterocycles. The number of hydrogen-bond donors (Lipinski definition) is 0. The molecule has 2 aliphatic heterocycles. The zero-order valence-corrected chi connectivity index (χ0v) is 72.3. The largest absolute Gasteiger partial charge is 0.333 e. The Morgan fingerprint density at radius 2 is 0.439 bits per heavy atom. The van der Waals surface area contributed by atoms with Crippen molar-refractivity contribution < 1.29 is 28.8 Å². The normalized spacial score (nSPS) is 13.8. The number of unbranched alkanes of at least 4 members (excludes halogenated alkanes) is 30. The van der Waals surface area contributed by atoms with Crippen LogP contribution in [0.3, 0.4) is 0 Å². The molecule has 0 saturated carbocycles. The van der Waals surface area contributed by atoms with Crippen molar-refractivity contribution in [1.29, 1.82) is 0 Å². The molecule has 7 aromatic heterocycles. The fourth-order valence-corrected chi connectivity index (χ4v) is 24.0. The van der Waals surface area contributed by atoms with Crippen LogP contribution in [0, 0.1) is 0 Å². The Balaban J connectivity index is 1.13. The van der Waals surface area contributed by atoms with Crippen LogP contribution < -0.4 is 0 Å². The van der Waals surface area contributed by atoms with Gasteiger partial charge in [0.2, 0.25) is 0 Å². The van der Waals surface area contributed by atoms with E-state index < -0.39 is 35.7 Å². The van der Waals surface area contributed by atoms with Gasteiger partial charge in [0.25, 0.3) is 23.6 Å². The lowest BCUT2D eigenvalue weighted by molar-refractivity contribution is -0.135. The van der Waals surface area contributed by atoms with Crippen molar-refractivity contribution >= 4 is 127 Å². The topological polar surface area (TPSA) is 115 Å². The van der Waals surface area contributed by atoms with Crippen LogP contribution in [0.1, 0.15) is 316 Å². The highest BCUT2D eigenvalue weighted by Gasteiger charge is 2.40. The second-order valence-electron chi connectivity index (χ2n) is 30.3. The Morgan fingerprint density at radius 3 is 0.673 bits per heavy atom. The van der Waals surface area contributed by atoms with E-state index >= 15 is 0 Å². The Labute approximate surface area is 671 Å². The monoisotopic (exact) mass is 1580 g/mol. The number of rotatable bonds is 50. The SMILES string of the molecule is CCCCCCCCc1cc(C=C2C(=O)N(C)C(=O)N(C)C2=O)sc1-c1cc(CCCCCCCC)c(-c2cc(CCCCCCCC)c(-c3ccc(-c4sc(-c5sc(-c6sc(C=C7C(=O)N(C)C(=O)N(C)C7=O)cc6CCCCCCCC)cc5CCCCCCCC)cc4CCCCCCCC)s3)s2)s1. The average Bonchev–Trinajstić information content (AvgIpc) is 1.66. The van der Waals surface area contributed by atoms with Gasteiger partial charge in [-0.2, -0.15) is 0 Å². The summed E-state index contributed by atoms with van der Waals surface area (Å²) >= 11 is 13.2. The minimum atomic E-state index is -0.611. The molecule has 10 nitrogen and oxygen atoms in total. The highest BCUT2D eigenvalue weighted by molar-refractivity contribution is 7.31. The van der Waals surface area contributed by atoms with Gasteiger partial charge in [-0.3, -0.25) is 38.8 Å². The van der Waals surface area contributed by atoms with Crippen LogP contribution in [0.5, 0.6) is 0 Å².